The zero-order valence-electron chi connectivity index (χ0n) is 17.6. The Morgan fingerprint density at radius 2 is 1.68 bits per heavy atom. The molecule has 9 nitrogen and oxygen atoms in total. The van der Waals surface area contributed by atoms with E-state index in [1.54, 1.807) is 17.0 Å². The van der Waals surface area contributed by atoms with Crippen molar-refractivity contribution in [1.82, 2.24) is 5.32 Å². The molecule has 1 aliphatic heterocycles. The lowest BCUT2D eigenvalue weighted by atomic mass is 10.1. The molecular weight excluding hydrogens is 402 g/mol. The van der Waals surface area contributed by atoms with Crippen LogP contribution in [0.4, 0.5) is 11.4 Å². The Morgan fingerprint density at radius 3 is 2.26 bits per heavy atom. The summed E-state index contributed by atoms with van der Waals surface area (Å²) in [6, 6.07) is 12.4. The van der Waals surface area contributed by atoms with E-state index in [0.29, 0.717) is 22.9 Å². The predicted molar refractivity (Wildman–Crippen MR) is 115 cm³/mol. The molecular formula is C22H25N3O6. The van der Waals surface area contributed by atoms with Crippen LogP contribution >= 0.6 is 0 Å². The first-order valence-corrected chi connectivity index (χ1v) is 9.69. The number of anilines is 2. The van der Waals surface area contributed by atoms with Gasteiger partial charge < -0.3 is 29.7 Å². The Labute approximate surface area is 180 Å². The lowest BCUT2D eigenvalue weighted by Gasteiger charge is -2.16. The molecule has 9 heteroatoms. The van der Waals surface area contributed by atoms with Crippen molar-refractivity contribution >= 4 is 29.1 Å². The summed E-state index contributed by atoms with van der Waals surface area (Å²) in [5.74, 6) is -0.197. The molecule has 2 aromatic carbocycles. The van der Waals surface area contributed by atoms with Crippen molar-refractivity contribution in [3.05, 3.63) is 42.5 Å². The van der Waals surface area contributed by atoms with Crippen LogP contribution in [0, 0.1) is 5.92 Å². The van der Waals surface area contributed by atoms with Crippen LogP contribution in [0.3, 0.4) is 0 Å². The maximum atomic E-state index is 12.5. The molecule has 1 atom stereocenters. The number of hydrogen-bond acceptors (Lipinski definition) is 6. The summed E-state index contributed by atoms with van der Waals surface area (Å²) in [6.45, 7) is 0.0503. The van der Waals surface area contributed by atoms with Crippen molar-refractivity contribution in [2.75, 3.05) is 44.6 Å². The molecule has 2 aromatic rings. The van der Waals surface area contributed by atoms with Gasteiger partial charge in [-0.3, -0.25) is 14.4 Å². The number of amides is 3. The van der Waals surface area contributed by atoms with E-state index in [-0.39, 0.29) is 31.3 Å². The number of nitrogens with zero attached hydrogens (tertiary/aromatic N) is 1. The van der Waals surface area contributed by atoms with Crippen molar-refractivity contribution in [3.63, 3.8) is 0 Å². The van der Waals surface area contributed by atoms with E-state index in [2.05, 4.69) is 10.6 Å². The molecule has 0 aliphatic carbocycles. The normalized spacial score (nSPS) is 15.4. The number of nitrogens with one attached hydrogen (secondary N) is 2. The van der Waals surface area contributed by atoms with Crippen LogP contribution in [0.25, 0.3) is 0 Å². The van der Waals surface area contributed by atoms with Crippen LogP contribution in [-0.2, 0) is 14.4 Å². The van der Waals surface area contributed by atoms with E-state index in [1.807, 2.05) is 30.3 Å². The van der Waals surface area contributed by atoms with E-state index in [9.17, 15) is 14.4 Å². The number of benzene rings is 2. The second-order valence-corrected chi connectivity index (χ2v) is 6.92. The van der Waals surface area contributed by atoms with Crippen LogP contribution in [0.15, 0.2) is 42.5 Å². The van der Waals surface area contributed by atoms with Crippen LogP contribution in [0.5, 0.6) is 17.2 Å². The quantitative estimate of drug-likeness (QED) is 0.666. The topological polar surface area (TPSA) is 106 Å². The number of ether oxygens (including phenoxy) is 3. The smallest absolute Gasteiger partial charge is 0.243 e. The average molecular weight is 427 g/mol. The van der Waals surface area contributed by atoms with Crippen LogP contribution in [0.1, 0.15) is 6.42 Å². The highest BCUT2D eigenvalue weighted by atomic mass is 16.5. The van der Waals surface area contributed by atoms with Gasteiger partial charge in [0.15, 0.2) is 11.5 Å². The highest BCUT2D eigenvalue weighted by Gasteiger charge is 2.35. The molecule has 0 aromatic heterocycles. The Morgan fingerprint density at radius 1 is 1.03 bits per heavy atom. The molecule has 0 bridgehead atoms. The van der Waals surface area contributed by atoms with Crippen molar-refractivity contribution in [2.24, 2.45) is 5.92 Å². The first-order chi connectivity index (χ1) is 15.0. The van der Waals surface area contributed by atoms with Gasteiger partial charge in [-0.1, -0.05) is 18.2 Å². The van der Waals surface area contributed by atoms with E-state index in [1.165, 1.54) is 21.3 Å². The minimum atomic E-state index is -0.512. The predicted octanol–water partition coefficient (Wildman–Crippen LogP) is 1.82. The number of hydrogen-bond donors (Lipinski definition) is 2. The highest BCUT2D eigenvalue weighted by molar-refractivity contribution is 6.01. The Hall–Kier alpha value is -3.75. The molecule has 1 fully saturated rings. The van der Waals surface area contributed by atoms with Gasteiger partial charge in [-0.25, -0.2) is 0 Å². The third-order valence-electron chi connectivity index (χ3n) is 4.94. The molecule has 1 saturated heterocycles. The third-order valence-corrected chi connectivity index (χ3v) is 4.94. The first kappa shape index (κ1) is 21.9. The number of carbonyl (C=O) groups is 3. The van der Waals surface area contributed by atoms with Crippen molar-refractivity contribution in [3.8, 4) is 17.2 Å². The largest absolute Gasteiger partial charge is 0.493 e. The van der Waals surface area contributed by atoms with E-state index >= 15 is 0 Å². The van der Waals surface area contributed by atoms with Gasteiger partial charge in [0.2, 0.25) is 23.5 Å². The molecule has 0 saturated carbocycles. The molecule has 0 radical (unpaired) electrons. The van der Waals surface area contributed by atoms with Crippen molar-refractivity contribution in [2.45, 2.75) is 6.42 Å². The Balaban J connectivity index is 1.56. The van der Waals surface area contributed by atoms with Crippen molar-refractivity contribution in [1.29, 1.82) is 0 Å². The molecule has 31 heavy (non-hydrogen) atoms. The fourth-order valence-corrected chi connectivity index (χ4v) is 3.41. The summed E-state index contributed by atoms with van der Waals surface area (Å²) in [4.78, 5) is 38.7. The highest BCUT2D eigenvalue weighted by Crippen LogP contribution is 2.39. The maximum absolute atomic E-state index is 12.5. The second kappa shape index (κ2) is 9.84. The summed E-state index contributed by atoms with van der Waals surface area (Å²) in [5.41, 5.74) is 1.18. The number of methoxy groups -OCH3 is 3. The lowest BCUT2D eigenvalue weighted by Crippen LogP contribution is -2.37. The lowest BCUT2D eigenvalue weighted by molar-refractivity contribution is -0.127. The van der Waals surface area contributed by atoms with E-state index in [0.717, 1.165) is 5.69 Å². The summed E-state index contributed by atoms with van der Waals surface area (Å²) < 4.78 is 15.8. The molecule has 2 N–H and O–H groups in total. The fraction of sp³-hybridized carbons (Fsp3) is 0.318. The molecule has 3 rings (SSSR count). The van der Waals surface area contributed by atoms with Gasteiger partial charge in [0.1, 0.15) is 0 Å². The Kier molecular flexibility index (Phi) is 6.96. The first-order valence-electron chi connectivity index (χ1n) is 9.69. The average Bonchev–Trinajstić information content (AvgIpc) is 3.19. The number of carbonyl (C=O) groups excluding carboxylic acids is 3. The molecule has 1 aliphatic rings. The molecule has 3 amide bonds. The summed E-state index contributed by atoms with van der Waals surface area (Å²) >= 11 is 0. The third kappa shape index (κ3) is 5.06. The number of rotatable bonds is 8. The van der Waals surface area contributed by atoms with Crippen LogP contribution < -0.4 is 29.7 Å². The summed E-state index contributed by atoms with van der Waals surface area (Å²) in [6.07, 6.45) is 0.106. The minimum absolute atomic E-state index is 0.106. The van der Waals surface area contributed by atoms with E-state index in [4.69, 9.17) is 14.2 Å². The molecule has 164 valence electrons. The van der Waals surface area contributed by atoms with Gasteiger partial charge in [0.25, 0.3) is 0 Å². The van der Waals surface area contributed by atoms with E-state index < -0.39 is 11.8 Å². The molecule has 1 heterocycles. The zero-order valence-corrected chi connectivity index (χ0v) is 17.6. The minimum Gasteiger partial charge on any atom is -0.493 e. The monoisotopic (exact) mass is 427 g/mol. The van der Waals surface area contributed by atoms with Gasteiger partial charge in [0.05, 0.1) is 33.8 Å². The van der Waals surface area contributed by atoms with Gasteiger partial charge >= 0.3 is 0 Å². The second-order valence-electron chi connectivity index (χ2n) is 6.92. The standard InChI is InChI=1S/C22H25N3O6/c1-29-17-10-15(11-18(30-2)21(17)31-3)24-19(26)12-23-22(28)14-9-20(27)25(13-14)16-7-5-4-6-8-16/h4-8,10-11,14H,9,12-13H2,1-3H3,(H,23,28)(H,24,26)/t14-/m1/s1. The SMILES string of the molecule is COc1cc(NC(=O)CNC(=O)[C@@H]2CC(=O)N(c3ccccc3)C2)cc(OC)c1OC. The van der Waals surface area contributed by atoms with Gasteiger partial charge in [-0.05, 0) is 12.1 Å². The number of para-hydroxylation sites is 1. The molecule has 0 unspecified atom stereocenters. The van der Waals surface area contributed by atoms with Gasteiger partial charge in [-0.15, -0.1) is 0 Å². The van der Waals surface area contributed by atoms with Gasteiger partial charge in [-0.2, -0.15) is 0 Å². The van der Waals surface area contributed by atoms with Crippen LogP contribution in [-0.4, -0.2) is 52.1 Å². The molecule has 0 spiro atoms. The van der Waals surface area contributed by atoms with Gasteiger partial charge in [0, 0.05) is 36.5 Å². The fourth-order valence-electron chi connectivity index (χ4n) is 3.41. The zero-order chi connectivity index (χ0) is 22.4. The summed E-state index contributed by atoms with van der Waals surface area (Å²) in [5, 5.41) is 5.29. The Bertz CT molecular complexity index is 938. The summed E-state index contributed by atoms with van der Waals surface area (Å²) in [7, 11) is 4.44. The maximum Gasteiger partial charge on any atom is 0.243 e. The van der Waals surface area contributed by atoms with Crippen molar-refractivity contribution < 1.29 is 28.6 Å². The van der Waals surface area contributed by atoms with Crippen LogP contribution in [0.2, 0.25) is 0 Å².